The first kappa shape index (κ1) is 17.5. The summed E-state index contributed by atoms with van der Waals surface area (Å²) in [6.07, 6.45) is 4.56. The van der Waals surface area contributed by atoms with Crippen LogP contribution in [-0.2, 0) is 11.2 Å². The van der Waals surface area contributed by atoms with E-state index in [-0.39, 0.29) is 6.61 Å². The number of pyridine rings is 1. The van der Waals surface area contributed by atoms with Crippen LogP contribution in [0.25, 0.3) is 5.52 Å². The largest absolute Gasteiger partial charge is 0.513 e. The Kier molecular flexibility index (Phi) is 5.16. The number of hydrogen-bond acceptors (Lipinski definition) is 8. The number of methoxy groups -OCH3 is 1. The Balaban J connectivity index is 1.97. The van der Waals surface area contributed by atoms with Crippen molar-refractivity contribution in [1.29, 1.82) is 0 Å². The van der Waals surface area contributed by atoms with Crippen molar-refractivity contribution in [3.8, 4) is 11.6 Å². The fourth-order valence-electron chi connectivity index (χ4n) is 2.52. The van der Waals surface area contributed by atoms with Crippen LogP contribution in [0, 0.1) is 0 Å². The zero-order chi connectivity index (χ0) is 18.5. The van der Waals surface area contributed by atoms with E-state index in [1.165, 1.54) is 6.33 Å². The third kappa shape index (κ3) is 3.51. The number of anilines is 2. The van der Waals surface area contributed by atoms with Crippen molar-refractivity contribution in [2.24, 2.45) is 0 Å². The van der Waals surface area contributed by atoms with Gasteiger partial charge in [0.05, 0.1) is 31.8 Å². The molecule has 0 amide bonds. The molecule has 0 aromatic carbocycles. The lowest BCUT2D eigenvalue weighted by Crippen LogP contribution is -2.10. The summed E-state index contributed by atoms with van der Waals surface area (Å²) in [4.78, 5) is 20.1. The summed E-state index contributed by atoms with van der Waals surface area (Å²) < 4.78 is 16.8. The van der Waals surface area contributed by atoms with Gasteiger partial charge in [0.2, 0.25) is 5.88 Å². The second-order valence-electron chi connectivity index (χ2n) is 5.23. The molecule has 0 fully saturated rings. The Morgan fingerprint density at radius 1 is 1.27 bits per heavy atom. The van der Waals surface area contributed by atoms with Crippen molar-refractivity contribution < 1.29 is 19.0 Å². The molecular weight excluding hydrogens is 338 g/mol. The summed E-state index contributed by atoms with van der Waals surface area (Å²) >= 11 is 0. The Morgan fingerprint density at radius 3 is 2.77 bits per heavy atom. The minimum Gasteiger partial charge on any atom is -0.481 e. The zero-order valence-corrected chi connectivity index (χ0v) is 14.7. The van der Waals surface area contributed by atoms with Crippen molar-refractivity contribution in [3.63, 3.8) is 0 Å². The van der Waals surface area contributed by atoms with E-state index in [0.717, 1.165) is 11.3 Å². The van der Waals surface area contributed by atoms with Gasteiger partial charge in [-0.15, -0.1) is 0 Å². The van der Waals surface area contributed by atoms with Gasteiger partial charge in [0.25, 0.3) is 0 Å². The van der Waals surface area contributed by atoms with Gasteiger partial charge in [-0.05, 0) is 19.4 Å². The van der Waals surface area contributed by atoms with Gasteiger partial charge in [0.15, 0.2) is 11.6 Å². The van der Waals surface area contributed by atoms with Gasteiger partial charge in [0, 0.05) is 11.6 Å². The van der Waals surface area contributed by atoms with Crippen molar-refractivity contribution in [2.45, 2.75) is 20.3 Å². The lowest BCUT2D eigenvalue weighted by atomic mass is 10.2. The fourth-order valence-corrected chi connectivity index (χ4v) is 2.52. The summed E-state index contributed by atoms with van der Waals surface area (Å²) in [5.41, 5.74) is 2.25. The number of aryl methyl sites for hydroxylation is 1. The molecule has 0 radical (unpaired) electrons. The van der Waals surface area contributed by atoms with Gasteiger partial charge >= 0.3 is 6.16 Å². The Bertz CT molecular complexity index is 907. The maximum atomic E-state index is 11.7. The molecule has 9 nitrogen and oxygen atoms in total. The number of nitrogens with zero attached hydrogens (tertiary/aromatic N) is 4. The van der Waals surface area contributed by atoms with E-state index in [2.05, 4.69) is 20.4 Å². The van der Waals surface area contributed by atoms with Crippen LogP contribution < -0.4 is 14.8 Å². The highest BCUT2D eigenvalue weighted by atomic mass is 16.7. The van der Waals surface area contributed by atoms with E-state index in [1.807, 2.05) is 13.0 Å². The van der Waals surface area contributed by atoms with Crippen LogP contribution in [0.15, 0.2) is 30.9 Å². The molecule has 3 aromatic rings. The highest BCUT2D eigenvalue weighted by Crippen LogP contribution is 2.31. The van der Waals surface area contributed by atoms with E-state index in [4.69, 9.17) is 14.2 Å². The highest BCUT2D eigenvalue weighted by molar-refractivity contribution is 5.80. The van der Waals surface area contributed by atoms with Gasteiger partial charge in [-0.25, -0.2) is 19.3 Å². The molecular formula is C17H19N5O4. The van der Waals surface area contributed by atoms with Crippen molar-refractivity contribution in [3.05, 3.63) is 36.4 Å². The molecule has 26 heavy (non-hydrogen) atoms. The van der Waals surface area contributed by atoms with Crippen LogP contribution in [0.4, 0.5) is 16.3 Å². The van der Waals surface area contributed by atoms with E-state index in [0.29, 0.717) is 29.4 Å². The van der Waals surface area contributed by atoms with Crippen LogP contribution >= 0.6 is 0 Å². The molecule has 0 aliphatic carbocycles. The van der Waals surface area contributed by atoms with Crippen LogP contribution in [-0.4, -0.2) is 39.5 Å². The number of hydrogen-bond donors (Lipinski definition) is 1. The van der Waals surface area contributed by atoms with E-state index < -0.39 is 6.16 Å². The van der Waals surface area contributed by atoms with Crippen molar-refractivity contribution >= 4 is 23.2 Å². The molecule has 3 rings (SSSR count). The molecule has 0 aliphatic heterocycles. The predicted octanol–water partition coefficient (Wildman–Crippen LogP) is 2.97. The van der Waals surface area contributed by atoms with Crippen molar-refractivity contribution in [2.75, 3.05) is 19.0 Å². The number of carbonyl (C=O) groups excluding carboxylic acids is 1. The Labute approximate surface area is 149 Å². The topological polar surface area (TPSA) is 99.9 Å². The highest BCUT2D eigenvalue weighted by Gasteiger charge is 2.19. The zero-order valence-electron chi connectivity index (χ0n) is 14.7. The first-order valence-electron chi connectivity index (χ1n) is 8.13. The van der Waals surface area contributed by atoms with Crippen LogP contribution in [0.5, 0.6) is 11.6 Å². The molecule has 9 heteroatoms. The minimum atomic E-state index is -0.750. The first-order valence-corrected chi connectivity index (χ1v) is 8.13. The SMILES string of the molecule is CCOC(=O)Oc1cn2ncnc(Nc3ccc(OC)nc3)c2c1CC. The minimum absolute atomic E-state index is 0.241. The summed E-state index contributed by atoms with van der Waals surface area (Å²) in [5.74, 6) is 1.48. The van der Waals surface area contributed by atoms with Crippen LogP contribution in [0.1, 0.15) is 19.4 Å². The van der Waals surface area contributed by atoms with E-state index in [9.17, 15) is 4.79 Å². The van der Waals surface area contributed by atoms with Crippen LogP contribution in [0.3, 0.4) is 0 Å². The maximum Gasteiger partial charge on any atom is 0.513 e. The number of carbonyl (C=O) groups is 1. The van der Waals surface area contributed by atoms with Crippen LogP contribution in [0.2, 0.25) is 0 Å². The molecule has 0 spiro atoms. The van der Waals surface area contributed by atoms with E-state index in [1.54, 1.807) is 37.0 Å². The average Bonchev–Trinajstić information content (AvgIpc) is 3.00. The van der Waals surface area contributed by atoms with E-state index >= 15 is 0 Å². The van der Waals surface area contributed by atoms with Gasteiger partial charge in [-0.1, -0.05) is 6.92 Å². The van der Waals surface area contributed by atoms with Gasteiger partial charge in [-0.3, -0.25) is 0 Å². The number of aromatic nitrogens is 4. The van der Waals surface area contributed by atoms with Crippen molar-refractivity contribution in [1.82, 2.24) is 19.6 Å². The average molecular weight is 357 g/mol. The molecule has 0 unspecified atom stereocenters. The summed E-state index contributed by atoms with van der Waals surface area (Å²) in [6.45, 7) is 3.92. The quantitative estimate of drug-likeness (QED) is 0.672. The molecule has 0 atom stereocenters. The first-order chi connectivity index (χ1) is 12.7. The standard InChI is InChI=1S/C17H19N5O4/c1-4-12-13(26-17(23)25-5-2)9-22-15(12)16(19-10-20-22)21-11-6-7-14(24-3)18-8-11/h6-10H,4-5H2,1-3H3,(H,19,20,21). The summed E-state index contributed by atoms with van der Waals surface area (Å²) in [5, 5.41) is 7.39. The molecule has 136 valence electrons. The number of rotatable bonds is 6. The second kappa shape index (κ2) is 7.68. The Morgan fingerprint density at radius 2 is 2.12 bits per heavy atom. The molecule has 3 aromatic heterocycles. The smallest absolute Gasteiger partial charge is 0.481 e. The molecule has 0 saturated carbocycles. The number of fused-ring (bicyclic) bond motifs is 1. The summed E-state index contributed by atoms with van der Waals surface area (Å²) in [7, 11) is 1.56. The summed E-state index contributed by atoms with van der Waals surface area (Å²) in [6, 6.07) is 3.57. The lowest BCUT2D eigenvalue weighted by molar-refractivity contribution is 0.104. The molecule has 0 bridgehead atoms. The molecule has 0 aliphatic rings. The maximum absolute atomic E-state index is 11.7. The number of nitrogens with one attached hydrogen (secondary N) is 1. The fraction of sp³-hybridized carbons (Fsp3) is 0.294. The Hall–Kier alpha value is -3.36. The predicted molar refractivity (Wildman–Crippen MR) is 94.1 cm³/mol. The normalized spacial score (nSPS) is 10.6. The van der Waals surface area contributed by atoms with Gasteiger partial charge < -0.3 is 19.5 Å². The molecule has 1 N–H and O–H groups in total. The number of ether oxygens (including phenoxy) is 3. The third-order valence-electron chi connectivity index (χ3n) is 3.66. The molecule has 0 saturated heterocycles. The monoisotopic (exact) mass is 357 g/mol. The lowest BCUT2D eigenvalue weighted by Gasteiger charge is -2.09. The van der Waals surface area contributed by atoms with Gasteiger partial charge in [0.1, 0.15) is 11.8 Å². The van der Waals surface area contributed by atoms with Gasteiger partial charge in [-0.2, -0.15) is 5.10 Å². The third-order valence-corrected chi connectivity index (χ3v) is 3.66. The molecule has 3 heterocycles. The second-order valence-corrected chi connectivity index (χ2v) is 5.23.